The summed E-state index contributed by atoms with van der Waals surface area (Å²) in [5.74, 6) is 0.722. The van der Waals surface area contributed by atoms with Crippen molar-refractivity contribution >= 4 is 0 Å². The maximum Gasteiger partial charge on any atom is 0.115 e. The molecule has 1 aromatic rings. The van der Waals surface area contributed by atoms with Crippen molar-refractivity contribution < 1.29 is 0 Å². The first-order valence-electron chi connectivity index (χ1n) is 4.77. The summed E-state index contributed by atoms with van der Waals surface area (Å²) in [6.07, 6.45) is 5.87. The Bertz CT molecular complexity index is 298. The monoisotopic (exact) mass is 177 g/mol. The molecule has 1 aliphatic rings. The molecule has 1 aromatic heterocycles. The van der Waals surface area contributed by atoms with Gasteiger partial charge in [-0.1, -0.05) is 6.92 Å². The lowest BCUT2D eigenvalue weighted by molar-refractivity contribution is 0.392. The van der Waals surface area contributed by atoms with E-state index in [9.17, 15) is 0 Å². The van der Waals surface area contributed by atoms with E-state index in [2.05, 4.69) is 22.2 Å². The van der Waals surface area contributed by atoms with Crippen LogP contribution in [0.25, 0.3) is 0 Å². The molecule has 2 rings (SSSR count). The molecule has 0 aliphatic heterocycles. The summed E-state index contributed by atoms with van der Waals surface area (Å²) in [5.41, 5.74) is 2.50. The van der Waals surface area contributed by atoms with Gasteiger partial charge < -0.3 is 5.32 Å². The summed E-state index contributed by atoms with van der Waals surface area (Å²) in [6.45, 7) is 2.27. The van der Waals surface area contributed by atoms with Gasteiger partial charge in [0, 0.05) is 23.5 Å². The van der Waals surface area contributed by atoms with E-state index >= 15 is 0 Å². The lowest BCUT2D eigenvalue weighted by atomic mass is 9.85. The van der Waals surface area contributed by atoms with E-state index < -0.39 is 0 Å². The average molecular weight is 177 g/mol. The number of hydrogen-bond donors (Lipinski definition) is 1. The first-order valence-corrected chi connectivity index (χ1v) is 4.77. The zero-order valence-corrected chi connectivity index (χ0v) is 8.12. The highest BCUT2D eigenvalue weighted by molar-refractivity contribution is 5.23. The van der Waals surface area contributed by atoms with Crippen LogP contribution in [0, 0.1) is 5.92 Å². The molecular formula is C10H15N3. The van der Waals surface area contributed by atoms with Crippen LogP contribution in [-0.4, -0.2) is 17.0 Å². The maximum atomic E-state index is 4.32. The highest BCUT2D eigenvalue weighted by atomic mass is 14.9. The number of nitrogens with zero attached hydrogens (tertiary/aromatic N) is 2. The van der Waals surface area contributed by atoms with Crippen LogP contribution >= 0.6 is 0 Å². The number of rotatable bonds is 1. The molecule has 1 N–H and O–H groups in total. The van der Waals surface area contributed by atoms with Gasteiger partial charge in [0.15, 0.2) is 0 Å². The molecule has 70 valence electrons. The normalized spacial score (nSPS) is 26.9. The third-order valence-corrected chi connectivity index (χ3v) is 2.73. The van der Waals surface area contributed by atoms with Crippen LogP contribution in [0.1, 0.15) is 30.6 Å². The molecule has 1 aliphatic carbocycles. The van der Waals surface area contributed by atoms with Crippen LogP contribution in [0.4, 0.5) is 0 Å². The zero-order chi connectivity index (χ0) is 9.26. The van der Waals surface area contributed by atoms with E-state index in [-0.39, 0.29) is 0 Å². The Hall–Kier alpha value is -0.960. The second-order valence-electron chi connectivity index (χ2n) is 3.81. The Balaban J connectivity index is 2.37. The summed E-state index contributed by atoms with van der Waals surface area (Å²) in [7, 11) is 2.00. The fourth-order valence-corrected chi connectivity index (χ4v) is 2.04. The van der Waals surface area contributed by atoms with Crippen LogP contribution < -0.4 is 5.32 Å². The molecule has 3 heteroatoms. The van der Waals surface area contributed by atoms with E-state index in [1.165, 1.54) is 17.7 Å². The second kappa shape index (κ2) is 3.42. The molecule has 1 heterocycles. The van der Waals surface area contributed by atoms with Crippen LogP contribution in [0.2, 0.25) is 0 Å². The van der Waals surface area contributed by atoms with Gasteiger partial charge in [-0.15, -0.1) is 0 Å². The fourth-order valence-electron chi connectivity index (χ4n) is 2.04. The third kappa shape index (κ3) is 1.56. The second-order valence-corrected chi connectivity index (χ2v) is 3.81. The quantitative estimate of drug-likeness (QED) is 0.703. The largest absolute Gasteiger partial charge is 0.313 e. The zero-order valence-electron chi connectivity index (χ0n) is 8.12. The first-order chi connectivity index (χ1) is 6.31. The van der Waals surface area contributed by atoms with Crippen molar-refractivity contribution in [3.8, 4) is 0 Å². The molecular weight excluding hydrogens is 162 g/mol. The Morgan fingerprint density at radius 3 is 3.15 bits per heavy atom. The number of hydrogen-bond acceptors (Lipinski definition) is 3. The van der Waals surface area contributed by atoms with Crippen molar-refractivity contribution in [2.75, 3.05) is 7.05 Å². The molecule has 0 spiro atoms. The van der Waals surface area contributed by atoms with Gasteiger partial charge in [-0.05, 0) is 25.8 Å². The minimum absolute atomic E-state index is 0.444. The van der Waals surface area contributed by atoms with Gasteiger partial charge in [0.2, 0.25) is 0 Å². The third-order valence-electron chi connectivity index (χ3n) is 2.73. The van der Waals surface area contributed by atoms with Crippen molar-refractivity contribution in [1.29, 1.82) is 0 Å². The number of nitrogens with one attached hydrogen (secondary N) is 1. The molecule has 0 amide bonds. The van der Waals surface area contributed by atoms with E-state index in [0.717, 1.165) is 12.3 Å². The van der Waals surface area contributed by atoms with Gasteiger partial charge in [-0.3, -0.25) is 0 Å². The van der Waals surface area contributed by atoms with Gasteiger partial charge in [0.25, 0.3) is 0 Å². The molecule has 13 heavy (non-hydrogen) atoms. The smallest absolute Gasteiger partial charge is 0.115 e. The van der Waals surface area contributed by atoms with Gasteiger partial charge in [0.05, 0.1) is 0 Å². The van der Waals surface area contributed by atoms with E-state index in [1.54, 1.807) is 6.33 Å². The van der Waals surface area contributed by atoms with Crippen LogP contribution in [0.3, 0.4) is 0 Å². The lowest BCUT2D eigenvalue weighted by Gasteiger charge is -2.27. The predicted octanol–water partition coefficient (Wildman–Crippen LogP) is 1.32. The van der Waals surface area contributed by atoms with Gasteiger partial charge in [-0.25, -0.2) is 9.97 Å². The molecule has 2 unspecified atom stereocenters. The topological polar surface area (TPSA) is 37.8 Å². The molecule has 2 atom stereocenters. The molecule has 0 bridgehead atoms. The van der Waals surface area contributed by atoms with Crippen molar-refractivity contribution in [2.45, 2.75) is 25.8 Å². The molecule has 0 aromatic carbocycles. The minimum atomic E-state index is 0.444. The Morgan fingerprint density at radius 2 is 2.38 bits per heavy atom. The molecule has 0 fully saturated rings. The Morgan fingerprint density at radius 1 is 1.54 bits per heavy atom. The maximum absolute atomic E-state index is 4.32. The molecule has 0 radical (unpaired) electrons. The SMILES string of the molecule is CNC1CC(C)Cc2ncncc21. The Kier molecular flexibility index (Phi) is 2.27. The van der Waals surface area contributed by atoms with Gasteiger partial charge in [0.1, 0.15) is 6.33 Å². The van der Waals surface area contributed by atoms with Gasteiger partial charge in [-0.2, -0.15) is 0 Å². The van der Waals surface area contributed by atoms with Crippen LogP contribution in [-0.2, 0) is 6.42 Å². The summed E-state index contributed by atoms with van der Waals surface area (Å²) >= 11 is 0. The average Bonchev–Trinajstić information content (AvgIpc) is 2.16. The fraction of sp³-hybridized carbons (Fsp3) is 0.600. The summed E-state index contributed by atoms with van der Waals surface area (Å²) in [4.78, 5) is 8.39. The van der Waals surface area contributed by atoms with E-state index in [0.29, 0.717) is 6.04 Å². The van der Waals surface area contributed by atoms with Gasteiger partial charge >= 0.3 is 0 Å². The summed E-state index contributed by atoms with van der Waals surface area (Å²) in [5, 5.41) is 3.31. The van der Waals surface area contributed by atoms with Crippen LogP contribution in [0.5, 0.6) is 0 Å². The molecule has 3 nitrogen and oxygen atoms in total. The van der Waals surface area contributed by atoms with Crippen molar-refractivity contribution in [2.24, 2.45) is 5.92 Å². The van der Waals surface area contributed by atoms with E-state index in [4.69, 9.17) is 0 Å². The highest BCUT2D eigenvalue weighted by Crippen LogP contribution is 2.30. The lowest BCUT2D eigenvalue weighted by Crippen LogP contribution is -2.26. The summed E-state index contributed by atoms with van der Waals surface area (Å²) < 4.78 is 0. The standard InChI is InChI=1S/C10H15N3/c1-7-3-9(11-2)8-5-12-6-13-10(8)4-7/h5-7,9,11H,3-4H2,1-2H3. The van der Waals surface area contributed by atoms with Crippen molar-refractivity contribution in [3.63, 3.8) is 0 Å². The highest BCUT2D eigenvalue weighted by Gasteiger charge is 2.24. The molecule has 0 saturated carbocycles. The number of fused-ring (bicyclic) bond motifs is 1. The first kappa shape index (κ1) is 8.63. The number of aromatic nitrogens is 2. The van der Waals surface area contributed by atoms with Crippen LogP contribution in [0.15, 0.2) is 12.5 Å². The predicted molar refractivity (Wildman–Crippen MR) is 51.3 cm³/mol. The Labute approximate surface area is 78.6 Å². The molecule has 0 saturated heterocycles. The van der Waals surface area contributed by atoms with Crippen molar-refractivity contribution in [3.05, 3.63) is 23.8 Å². The minimum Gasteiger partial charge on any atom is -0.313 e. The van der Waals surface area contributed by atoms with Crippen molar-refractivity contribution in [1.82, 2.24) is 15.3 Å². The summed E-state index contributed by atoms with van der Waals surface area (Å²) in [6, 6.07) is 0.444. The van der Waals surface area contributed by atoms with E-state index in [1.807, 2.05) is 13.2 Å².